The summed E-state index contributed by atoms with van der Waals surface area (Å²) < 4.78 is 6.03. The van der Waals surface area contributed by atoms with Crippen LogP contribution in [0.25, 0.3) is 11.1 Å². The van der Waals surface area contributed by atoms with E-state index in [-0.39, 0.29) is 28.9 Å². The molecule has 0 saturated carbocycles. The first-order valence-electron chi connectivity index (χ1n) is 12.8. The minimum Gasteiger partial charge on any atom is -0.489 e. The van der Waals surface area contributed by atoms with E-state index in [1.807, 2.05) is 72.8 Å². The Kier molecular flexibility index (Phi) is 7.69. The van der Waals surface area contributed by atoms with Crippen molar-refractivity contribution >= 4 is 17.5 Å². The summed E-state index contributed by atoms with van der Waals surface area (Å²) in [6.07, 6.45) is 1.79. The van der Waals surface area contributed by atoms with Crippen LogP contribution in [0.4, 0.5) is 5.69 Å². The highest BCUT2D eigenvalue weighted by molar-refractivity contribution is 5.94. The lowest BCUT2D eigenvalue weighted by Crippen LogP contribution is -2.62. The quantitative estimate of drug-likeness (QED) is 0.376. The Balaban J connectivity index is 1.34. The van der Waals surface area contributed by atoms with E-state index in [1.165, 1.54) is 6.92 Å². The zero-order valence-electron chi connectivity index (χ0n) is 22.4. The van der Waals surface area contributed by atoms with Crippen molar-refractivity contribution in [2.45, 2.75) is 71.2 Å². The van der Waals surface area contributed by atoms with Gasteiger partial charge in [-0.15, -0.1) is 0 Å². The highest BCUT2D eigenvalue weighted by Crippen LogP contribution is 2.29. The highest BCUT2D eigenvalue weighted by Gasteiger charge is 2.38. The predicted molar refractivity (Wildman–Crippen MR) is 149 cm³/mol. The molecule has 6 nitrogen and oxygen atoms in total. The maximum absolute atomic E-state index is 12.9. The fourth-order valence-electron chi connectivity index (χ4n) is 5.33. The van der Waals surface area contributed by atoms with Crippen LogP contribution in [0.2, 0.25) is 0 Å². The Bertz CT molecular complexity index is 1230. The van der Waals surface area contributed by atoms with Crippen LogP contribution in [0, 0.1) is 0 Å². The van der Waals surface area contributed by atoms with E-state index in [0.717, 1.165) is 41.0 Å². The summed E-state index contributed by atoms with van der Waals surface area (Å²) in [4.78, 5) is 24.1. The first-order valence-corrected chi connectivity index (χ1v) is 12.8. The van der Waals surface area contributed by atoms with Crippen molar-refractivity contribution in [2.24, 2.45) is 0 Å². The number of benzene rings is 3. The SMILES string of the molecule is CC(=O)Nc1ccc(-c2cccc(OCc3ccc(C(=O)NC4CC(C)(C)NC(C)(C)C4)cc3)c2)cc1. The molecule has 0 atom stereocenters. The standard InChI is InChI=1S/C31H37N3O3/c1-21(35)32-26-15-13-23(14-16-26)25-7-6-8-28(17-25)37-20-22-9-11-24(12-10-22)29(36)33-27-18-30(2,3)34-31(4,5)19-27/h6-17,27,34H,18-20H2,1-5H3,(H,32,35)(H,33,36). The summed E-state index contributed by atoms with van der Waals surface area (Å²) >= 11 is 0. The molecule has 0 unspecified atom stereocenters. The number of rotatable bonds is 7. The van der Waals surface area contributed by atoms with Crippen LogP contribution in [0.3, 0.4) is 0 Å². The summed E-state index contributed by atoms with van der Waals surface area (Å²) in [5.74, 6) is 0.635. The van der Waals surface area contributed by atoms with Crippen LogP contribution < -0.4 is 20.7 Å². The number of anilines is 1. The largest absolute Gasteiger partial charge is 0.489 e. The molecule has 1 heterocycles. The number of carbonyl (C=O) groups excluding carboxylic acids is 2. The number of hydrogen-bond donors (Lipinski definition) is 3. The summed E-state index contributed by atoms with van der Waals surface area (Å²) in [7, 11) is 0. The van der Waals surface area contributed by atoms with Crippen molar-refractivity contribution in [3.8, 4) is 16.9 Å². The van der Waals surface area contributed by atoms with Gasteiger partial charge in [0.05, 0.1) is 0 Å². The molecule has 1 aliphatic heterocycles. The number of nitrogens with one attached hydrogen (secondary N) is 3. The number of carbonyl (C=O) groups is 2. The molecule has 0 radical (unpaired) electrons. The lowest BCUT2D eigenvalue weighted by molar-refractivity contribution is -0.114. The second-order valence-corrected chi connectivity index (χ2v) is 11.2. The third kappa shape index (κ3) is 7.43. The maximum atomic E-state index is 12.9. The van der Waals surface area contributed by atoms with Gasteiger partial charge in [0.2, 0.25) is 5.91 Å². The van der Waals surface area contributed by atoms with Gasteiger partial charge < -0.3 is 20.7 Å². The molecule has 6 heteroatoms. The molecule has 3 N–H and O–H groups in total. The van der Waals surface area contributed by atoms with Gasteiger partial charge >= 0.3 is 0 Å². The van der Waals surface area contributed by atoms with Crippen molar-refractivity contribution in [1.29, 1.82) is 0 Å². The molecule has 194 valence electrons. The van der Waals surface area contributed by atoms with Gasteiger partial charge in [-0.3, -0.25) is 9.59 Å². The first-order chi connectivity index (χ1) is 17.5. The van der Waals surface area contributed by atoms with Crippen molar-refractivity contribution in [1.82, 2.24) is 10.6 Å². The number of hydrogen-bond acceptors (Lipinski definition) is 4. The van der Waals surface area contributed by atoms with Gasteiger partial charge in [0, 0.05) is 35.3 Å². The summed E-state index contributed by atoms with van der Waals surface area (Å²) in [5, 5.41) is 9.66. The highest BCUT2D eigenvalue weighted by atomic mass is 16.5. The van der Waals surface area contributed by atoms with Crippen molar-refractivity contribution in [3.05, 3.63) is 83.9 Å². The van der Waals surface area contributed by atoms with E-state index < -0.39 is 0 Å². The molecule has 0 bridgehead atoms. The molecule has 0 spiro atoms. The third-order valence-corrected chi connectivity index (χ3v) is 6.52. The first kappa shape index (κ1) is 26.4. The summed E-state index contributed by atoms with van der Waals surface area (Å²) in [6.45, 7) is 10.6. The molecule has 2 amide bonds. The Hall–Kier alpha value is -3.64. The summed E-state index contributed by atoms with van der Waals surface area (Å²) in [5.41, 5.74) is 4.44. The van der Waals surface area contributed by atoms with Gasteiger partial charge in [-0.1, -0.05) is 36.4 Å². The smallest absolute Gasteiger partial charge is 0.251 e. The topological polar surface area (TPSA) is 79.5 Å². The Morgan fingerprint density at radius 1 is 0.892 bits per heavy atom. The average Bonchev–Trinajstić information content (AvgIpc) is 2.81. The van der Waals surface area contributed by atoms with E-state index in [0.29, 0.717) is 12.2 Å². The van der Waals surface area contributed by atoms with Crippen LogP contribution in [-0.2, 0) is 11.4 Å². The molecular formula is C31H37N3O3. The van der Waals surface area contributed by atoms with Crippen molar-refractivity contribution < 1.29 is 14.3 Å². The molecule has 0 aliphatic carbocycles. The van der Waals surface area contributed by atoms with Crippen molar-refractivity contribution in [3.63, 3.8) is 0 Å². The minimum absolute atomic E-state index is 0.0195. The Labute approximate surface area is 219 Å². The van der Waals surface area contributed by atoms with Gasteiger partial charge in [-0.05, 0) is 93.6 Å². The molecule has 1 fully saturated rings. The molecule has 1 aliphatic rings. The molecule has 37 heavy (non-hydrogen) atoms. The number of piperidine rings is 1. The number of amides is 2. The fraction of sp³-hybridized carbons (Fsp3) is 0.355. The minimum atomic E-state index is -0.0910. The molecule has 1 saturated heterocycles. The molecule has 3 aromatic rings. The second kappa shape index (κ2) is 10.8. The number of ether oxygens (including phenoxy) is 1. The van der Waals surface area contributed by atoms with E-state index in [4.69, 9.17) is 4.74 Å². The van der Waals surface area contributed by atoms with E-state index in [9.17, 15) is 9.59 Å². The predicted octanol–water partition coefficient (Wildman–Crippen LogP) is 5.93. The fourth-order valence-corrected chi connectivity index (χ4v) is 5.33. The second-order valence-electron chi connectivity index (χ2n) is 11.2. The van der Waals surface area contributed by atoms with Gasteiger partial charge in [0.1, 0.15) is 12.4 Å². The average molecular weight is 500 g/mol. The van der Waals surface area contributed by atoms with Crippen LogP contribution in [0.5, 0.6) is 5.75 Å². The van der Waals surface area contributed by atoms with E-state index in [2.05, 4.69) is 43.6 Å². The van der Waals surface area contributed by atoms with Crippen LogP contribution in [0.15, 0.2) is 72.8 Å². The Morgan fingerprint density at radius 3 is 2.16 bits per heavy atom. The third-order valence-electron chi connectivity index (χ3n) is 6.52. The van der Waals surface area contributed by atoms with Gasteiger partial charge in [0.25, 0.3) is 5.91 Å². The molecule has 3 aromatic carbocycles. The van der Waals surface area contributed by atoms with E-state index in [1.54, 1.807) is 0 Å². The van der Waals surface area contributed by atoms with Crippen LogP contribution >= 0.6 is 0 Å². The lowest BCUT2D eigenvalue weighted by Gasteiger charge is -2.46. The zero-order chi connectivity index (χ0) is 26.6. The maximum Gasteiger partial charge on any atom is 0.251 e. The van der Waals surface area contributed by atoms with Gasteiger partial charge in [-0.2, -0.15) is 0 Å². The lowest BCUT2D eigenvalue weighted by atomic mass is 9.79. The summed E-state index contributed by atoms with van der Waals surface area (Å²) in [6, 6.07) is 23.4. The normalized spacial score (nSPS) is 16.6. The molecular weight excluding hydrogens is 462 g/mol. The molecule has 0 aromatic heterocycles. The monoisotopic (exact) mass is 499 g/mol. The zero-order valence-corrected chi connectivity index (χ0v) is 22.4. The van der Waals surface area contributed by atoms with E-state index >= 15 is 0 Å². The Morgan fingerprint density at radius 2 is 1.54 bits per heavy atom. The van der Waals surface area contributed by atoms with Gasteiger partial charge in [-0.25, -0.2) is 0 Å². The molecule has 4 rings (SSSR count). The van der Waals surface area contributed by atoms with Gasteiger partial charge in [0.15, 0.2) is 0 Å². The van der Waals surface area contributed by atoms with Crippen LogP contribution in [0.1, 0.15) is 63.4 Å². The van der Waals surface area contributed by atoms with Crippen molar-refractivity contribution in [2.75, 3.05) is 5.32 Å². The van der Waals surface area contributed by atoms with Crippen LogP contribution in [-0.4, -0.2) is 28.9 Å².